The number of esters is 1. The van der Waals surface area contributed by atoms with Crippen LogP contribution in [-0.4, -0.2) is 50.2 Å². The zero-order valence-corrected chi connectivity index (χ0v) is 9.41. The number of nitrogens with one attached hydrogen (secondary N) is 1. The zero-order chi connectivity index (χ0) is 10.7. The Morgan fingerprint density at radius 2 is 2.07 bits per heavy atom. The highest BCUT2D eigenvalue weighted by Gasteiger charge is 2.30. The number of likely N-dealkylation sites (N-methyl/N-ethyl adjacent to an activating group) is 1. The lowest BCUT2D eigenvalue weighted by molar-refractivity contribution is -0.147. The molecule has 0 amide bonds. The highest BCUT2D eigenvalue weighted by molar-refractivity contribution is 5.72. The minimum absolute atomic E-state index is 0.0643. The van der Waals surface area contributed by atoms with Crippen LogP contribution in [0.2, 0.25) is 0 Å². The number of rotatable bonds is 4. The molecule has 0 aromatic heterocycles. The van der Waals surface area contributed by atoms with Crippen molar-refractivity contribution < 1.29 is 9.53 Å². The Kier molecular flexibility index (Phi) is 3.89. The monoisotopic (exact) mass is 200 g/mol. The molecule has 0 aliphatic carbocycles. The van der Waals surface area contributed by atoms with Crippen molar-refractivity contribution in [3.63, 3.8) is 0 Å². The van der Waals surface area contributed by atoms with Crippen molar-refractivity contribution in [3.05, 3.63) is 0 Å². The minimum atomic E-state index is -0.128. The van der Waals surface area contributed by atoms with Crippen molar-refractivity contribution >= 4 is 5.97 Å². The highest BCUT2D eigenvalue weighted by Crippen LogP contribution is 2.15. The maximum atomic E-state index is 11.3. The minimum Gasteiger partial charge on any atom is -0.469 e. The third-order valence-corrected chi connectivity index (χ3v) is 3.27. The van der Waals surface area contributed by atoms with Gasteiger partial charge in [0.25, 0.3) is 0 Å². The average molecular weight is 200 g/mol. The number of hydrogen-bond donors (Lipinski definition) is 1. The van der Waals surface area contributed by atoms with Gasteiger partial charge in [0.15, 0.2) is 0 Å². The van der Waals surface area contributed by atoms with Crippen LogP contribution in [-0.2, 0) is 9.53 Å². The molecule has 14 heavy (non-hydrogen) atoms. The molecule has 1 aliphatic rings. The Labute approximate surface area is 85.6 Å². The average Bonchev–Trinajstić information content (AvgIpc) is 2.11. The van der Waals surface area contributed by atoms with E-state index in [4.69, 9.17) is 4.74 Å². The second-order valence-electron chi connectivity index (χ2n) is 4.03. The summed E-state index contributed by atoms with van der Waals surface area (Å²) in [7, 11) is 3.51. The van der Waals surface area contributed by atoms with Crippen molar-refractivity contribution in [2.24, 2.45) is 5.92 Å². The predicted molar refractivity (Wildman–Crippen MR) is 55.1 cm³/mol. The van der Waals surface area contributed by atoms with E-state index in [1.165, 1.54) is 7.11 Å². The van der Waals surface area contributed by atoms with Gasteiger partial charge in [-0.15, -0.1) is 0 Å². The lowest BCUT2D eigenvalue weighted by Gasteiger charge is -2.40. The van der Waals surface area contributed by atoms with Gasteiger partial charge in [-0.3, -0.25) is 9.69 Å². The van der Waals surface area contributed by atoms with E-state index in [-0.39, 0.29) is 17.9 Å². The summed E-state index contributed by atoms with van der Waals surface area (Å²) in [5.74, 6) is -0.192. The summed E-state index contributed by atoms with van der Waals surface area (Å²) in [4.78, 5) is 13.6. The van der Waals surface area contributed by atoms with Gasteiger partial charge in [-0.2, -0.15) is 0 Å². The molecular formula is C10H20N2O2. The molecule has 4 heteroatoms. The molecule has 1 saturated heterocycles. The maximum Gasteiger partial charge on any atom is 0.309 e. The fourth-order valence-corrected chi connectivity index (χ4v) is 1.63. The number of carbonyl (C=O) groups excluding carboxylic acids is 1. The van der Waals surface area contributed by atoms with E-state index in [1.54, 1.807) is 0 Å². The Balaban J connectivity index is 2.45. The van der Waals surface area contributed by atoms with Crippen LogP contribution >= 0.6 is 0 Å². The first-order valence-electron chi connectivity index (χ1n) is 5.08. The van der Waals surface area contributed by atoms with Crippen molar-refractivity contribution in [2.75, 3.05) is 27.2 Å². The Morgan fingerprint density at radius 3 is 2.43 bits per heavy atom. The van der Waals surface area contributed by atoms with Gasteiger partial charge in [-0.25, -0.2) is 0 Å². The molecule has 0 saturated carbocycles. The van der Waals surface area contributed by atoms with E-state index < -0.39 is 0 Å². The normalized spacial score (nSPS) is 21.5. The van der Waals surface area contributed by atoms with Gasteiger partial charge in [0.1, 0.15) is 0 Å². The van der Waals surface area contributed by atoms with Crippen molar-refractivity contribution in [2.45, 2.75) is 25.9 Å². The van der Waals surface area contributed by atoms with E-state index in [2.05, 4.69) is 24.2 Å². The third-order valence-electron chi connectivity index (χ3n) is 3.27. The molecule has 4 nitrogen and oxygen atoms in total. The molecule has 0 aromatic rings. The summed E-state index contributed by atoms with van der Waals surface area (Å²) in [5, 5.41) is 3.22. The molecule has 0 bridgehead atoms. The van der Waals surface area contributed by atoms with E-state index >= 15 is 0 Å². The van der Waals surface area contributed by atoms with Crippen LogP contribution in [0.4, 0.5) is 0 Å². The lowest BCUT2D eigenvalue weighted by atomic mass is 9.99. The molecular weight excluding hydrogens is 180 g/mol. The first kappa shape index (κ1) is 11.5. The van der Waals surface area contributed by atoms with Crippen molar-refractivity contribution in [1.29, 1.82) is 0 Å². The van der Waals surface area contributed by atoms with Crippen LogP contribution in [0.25, 0.3) is 0 Å². The molecule has 2 unspecified atom stereocenters. The van der Waals surface area contributed by atoms with Crippen LogP contribution in [0.5, 0.6) is 0 Å². The summed E-state index contributed by atoms with van der Waals surface area (Å²) < 4.78 is 4.73. The van der Waals surface area contributed by atoms with E-state index in [0.29, 0.717) is 6.04 Å². The SMILES string of the molecule is COC(=O)C(C)C(C)N(C)C1CNC1. The molecule has 1 N–H and O–H groups in total. The number of ether oxygens (including phenoxy) is 1. The Morgan fingerprint density at radius 1 is 1.50 bits per heavy atom. The summed E-state index contributed by atoms with van der Waals surface area (Å²) in [6, 6.07) is 0.798. The second kappa shape index (κ2) is 4.75. The highest BCUT2D eigenvalue weighted by atomic mass is 16.5. The maximum absolute atomic E-state index is 11.3. The van der Waals surface area contributed by atoms with Gasteiger partial charge in [0.05, 0.1) is 13.0 Å². The second-order valence-corrected chi connectivity index (χ2v) is 4.03. The quantitative estimate of drug-likeness (QED) is 0.653. The number of carbonyl (C=O) groups is 1. The molecule has 1 fully saturated rings. The molecule has 1 aliphatic heterocycles. The molecule has 1 rings (SSSR count). The summed E-state index contributed by atoms with van der Waals surface area (Å²) in [6.45, 7) is 6.03. The molecule has 2 atom stereocenters. The Bertz CT molecular complexity index is 204. The summed E-state index contributed by atoms with van der Waals surface area (Å²) >= 11 is 0. The summed E-state index contributed by atoms with van der Waals surface area (Å²) in [5.41, 5.74) is 0. The van der Waals surface area contributed by atoms with E-state index in [0.717, 1.165) is 13.1 Å². The van der Waals surface area contributed by atoms with Gasteiger partial charge < -0.3 is 10.1 Å². The fourth-order valence-electron chi connectivity index (χ4n) is 1.63. The number of methoxy groups -OCH3 is 1. The smallest absolute Gasteiger partial charge is 0.309 e. The van der Waals surface area contributed by atoms with Crippen LogP contribution in [0.3, 0.4) is 0 Å². The van der Waals surface area contributed by atoms with Gasteiger partial charge in [0, 0.05) is 25.2 Å². The topological polar surface area (TPSA) is 41.6 Å². The van der Waals surface area contributed by atoms with Crippen molar-refractivity contribution in [3.8, 4) is 0 Å². The lowest BCUT2D eigenvalue weighted by Crippen LogP contribution is -2.59. The molecule has 82 valence electrons. The predicted octanol–water partition coefficient (Wildman–Crippen LogP) is 0.0876. The number of nitrogens with zero attached hydrogens (tertiary/aromatic N) is 1. The molecule has 0 spiro atoms. The van der Waals surface area contributed by atoms with Gasteiger partial charge >= 0.3 is 5.97 Å². The first-order chi connectivity index (χ1) is 6.57. The number of hydrogen-bond acceptors (Lipinski definition) is 4. The Hall–Kier alpha value is -0.610. The van der Waals surface area contributed by atoms with E-state index in [9.17, 15) is 4.79 Å². The molecule has 1 heterocycles. The van der Waals surface area contributed by atoms with E-state index in [1.807, 2.05) is 6.92 Å². The molecule has 0 aromatic carbocycles. The van der Waals surface area contributed by atoms with Gasteiger partial charge in [-0.1, -0.05) is 6.92 Å². The largest absolute Gasteiger partial charge is 0.469 e. The van der Waals surface area contributed by atoms with Gasteiger partial charge in [-0.05, 0) is 14.0 Å². The van der Waals surface area contributed by atoms with Crippen LogP contribution in [0, 0.1) is 5.92 Å². The zero-order valence-electron chi connectivity index (χ0n) is 9.41. The van der Waals surface area contributed by atoms with Gasteiger partial charge in [0.2, 0.25) is 0 Å². The first-order valence-corrected chi connectivity index (χ1v) is 5.08. The summed E-state index contributed by atoms with van der Waals surface area (Å²) in [6.07, 6.45) is 0. The third kappa shape index (κ3) is 2.25. The van der Waals surface area contributed by atoms with Crippen LogP contribution < -0.4 is 5.32 Å². The standard InChI is InChI=1S/C10H20N2O2/c1-7(10(13)14-4)8(2)12(3)9-5-11-6-9/h7-9,11H,5-6H2,1-4H3. The van der Waals surface area contributed by atoms with Crippen LogP contribution in [0.1, 0.15) is 13.8 Å². The molecule has 0 radical (unpaired) electrons. The fraction of sp³-hybridized carbons (Fsp3) is 0.900. The van der Waals surface area contributed by atoms with Crippen LogP contribution in [0.15, 0.2) is 0 Å². The van der Waals surface area contributed by atoms with Crippen molar-refractivity contribution in [1.82, 2.24) is 10.2 Å².